The third-order valence-electron chi connectivity index (χ3n) is 4.89. The minimum atomic E-state index is -4.13. The molecule has 0 radical (unpaired) electrons. The number of aliphatic carboxylic acids is 1. The predicted octanol–water partition coefficient (Wildman–Crippen LogP) is 1.25. The molecule has 1 atom stereocenters. The van der Waals surface area contributed by atoms with E-state index in [-0.39, 0.29) is 12.4 Å². The van der Waals surface area contributed by atoms with Crippen molar-refractivity contribution in [1.82, 2.24) is 9.62 Å². The number of hydrogen-bond donors (Lipinski definition) is 3. The molecule has 0 saturated carbocycles. The molecule has 2 aliphatic heterocycles. The van der Waals surface area contributed by atoms with Gasteiger partial charge in [-0.2, -0.15) is 0 Å². The molecule has 2 fully saturated rings. The van der Waals surface area contributed by atoms with Gasteiger partial charge in [0.25, 0.3) is 10.0 Å². The molecule has 1 aromatic carbocycles. The minimum Gasteiger partial charge on any atom is -0.494 e. The molecule has 9 nitrogen and oxygen atoms in total. The molecule has 2 aliphatic rings. The third kappa shape index (κ3) is 5.54. The normalized spacial score (nSPS) is 23.1. The summed E-state index contributed by atoms with van der Waals surface area (Å²) in [4.78, 5) is 17.5. The summed E-state index contributed by atoms with van der Waals surface area (Å²) in [5.74, 6) is -1.02. The van der Waals surface area contributed by atoms with E-state index in [1.165, 1.54) is 24.8 Å². The second-order valence-electron chi connectivity index (χ2n) is 7.20. The van der Waals surface area contributed by atoms with Crippen molar-refractivity contribution in [3.8, 4) is 5.75 Å². The highest BCUT2D eigenvalue weighted by atomic mass is 32.2. The molecule has 2 saturated heterocycles. The Labute approximate surface area is 170 Å². The number of aliphatic imine (C=N–C) groups is 1. The summed E-state index contributed by atoms with van der Waals surface area (Å²) in [6, 6.07) is 7.97. The van der Waals surface area contributed by atoms with Crippen molar-refractivity contribution in [3.05, 3.63) is 29.8 Å². The standard InChI is InChI=1S/C19H26N4O5S/c20-16-17(19(24)25)29(26,27)22-18(16)21-8-5-11-28-15-7-4-6-14(12-15)13-23-9-2-1-3-10-23/h4,6-7,12,17,20H,1-3,5,8-11,13H2,(H,21,22)(H,24,25). The molecule has 0 spiro atoms. The lowest BCUT2D eigenvalue weighted by Crippen LogP contribution is -2.33. The van der Waals surface area contributed by atoms with Gasteiger partial charge < -0.3 is 9.84 Å². The van der Waals surface area contributed by atoms with Crippen LogP contribution < -0.4 is 9.46 Å². The number of ether oxygens (including phenoxy) is 1. The van der Waals surface area contributed by atoms with E-state index in [2.05, 4.69) is 16.0 Å². The van der Waals surface area contributed by atoms with Gasteiger partial charge in [-0.25, -0.2) is 8.42 Å². The Kier molecular flexibility index (Phi) is 6.86. The van der Waals surface area contributed by atoms with Gasteiger partial charge in [-0.15, -0.1) is 0 Å². The maximum Gasteiger partial charge on any atom is 0.330 e. The summed E-state index contributed by atoms with van der Waals surface area (Å²) in [5, 5.41) is 14.8. The van der Waals surface area contributed by atoms with Gasteiger partial charge in [0.15, 0.2) is 5.84 Å². The molecule has 0 bridgehead atoms. The number of carboxylic acids is 1. The van der Waals surface area contributed by atoms with E-state index in [0.717, 1.165) is 25.4 Å². The minimum absolute atomic E-state index is 0.207. The van der Waals surface area contributed by atoms with Gasteiger partial charge in [-0.1, -0.05) is 18.6 Å². The van der Waals surface area contributed by atoms with Crippen LogP contribution in [0, 0.1) is 5.41 Å². The van der Waals surface area contributed by atoms with Gasteiger partial charge in [-0.3, -0.25) is 24.8 Å². The zero-order valence-corrected chi connectivity index (χ0v) is 17.0. The van der Waals surface area contributed by atoms with E-state index in [0.29, 0.717) is 13.0 Å². The summed E-state index contributed by atoms with van der Waals surface area (Å²) < 4.78 is 31.3. The highest BCUT2D eigenvalue weighted by Crippen LogP contribution is 2.18. The molecular weight excluding hydrogens is 396 g/mol. The quantitative estimate of drug-likeness (QED) is 0.540. The zero-order valence-electron chi connectivity index (χ0n) is 16.1. The van der Waals surface area contributed by atoms with E-state index in [9.17, 15) is 13.2 Å². The summed E-state index contributed by atoms with van der Waals surface area (Å²) in [7, 11) is -4.13. The first-order valence-electron chi connectivity index (χ1n) is 9.68. The molecule has 1 unspecified atom stereocenters. The molecule has 158 valence electrons. The number of nitrogens with one attached hydrogen (secondary N) is 2. The van der Waals surface area contributed by atoms with Crippen LogP contribution in [0.3, 0.4) is 0 Å². The molecule has 2 heterocycles. The van der Waals surface area contributed by atoms with Gasteiger partial charge in [0, 0.05) is 19.5 Å². The van der Waals surface area contributed by atoms with Crippen molar-refractivity contribution in [2.45, 2.75) is 37.5 Å². The van der Waals surface area contributed by atoms with E-state index in [1.807, 2.05) is 22.9 Å². The number of hydrogen-bond acceptors (Lipinski definition) is 7. The number of piperidine rings is 1. The number of benzene rings is 1. The smallest absolute Gasteiger partial charge is 0.330 e. The molecule has 10 heteroatoms. The van der Waals surface area contributed by atoms with Crippen molar-refractivity contribution in [1.29, 1.82) is 5.41 Å². The topological polar surface area (TPSA) is 132 Å². The van der Waals surface area contributed by atoms with Crippen molar-refractivity contribution in [3.63, 3.8) is 0 Å². The van der Waals surface area contributed by atoms with E-state index >= 15 is 0 Å². The fourth-order valence-electron chi connectivity index (χ4n) is 3.46. The number of rotatable bonds is 8. The van der Waals surface area contributed by atoms with Crippen LogP contribution in [0.5, 0.6) is 5.75 Å². The Morgan fingerprint density at radius 3 is 2.76 bits per heavy atom. The maximum atomic E-state index is 11.7. The number of sulfonamides is 1. The lowest BCUT2D eigenvalue weighted by molar-refractivity contribution is -0.135. The zero-order chi connectivity index (χ0) is 20.9. The molecular formula is C19H26N4O5S. The van der Waals surface area contributed by atoms with Crippen molar-refractivity contribution >= 4 is 27.5 Å². The maximum absolute atomic E-state index is 11.7. The average molecular weight is 423 g/mol. The summed E-state index contributed by atoms with van der Waals surface area (Å²) >= 11 is 0. The van der Waals surface area contributed by atoms with Crippen LogP contribution >= 0.6 is 0 Å². The van der Waals surface area contributed by atoms with Crippen LogP contribution in [0.15, 0.2) is 29.3 Å². The number of likely N-dealkylation sites (tertiary alicyclic amines) is 1. The lowest BCUT2D eigenvalue weighted by Gasteiger charge is -2.26. The van der Waals surface area contributed by atoms with Crippen molar-refractivity contribution in [2.24, 2.45) is 4.99 Å². The Balaban J connectivity index is 1.46. The summed E-state index contributed by atoms with van der Waals surface area (Å²) in [6.45, 7) is 3.78. The van der Waals surface area contributed by atoms with Crippen LogP contribution in [0.2, 0.25) is 0 Å². The first kappa shape index (κ1) is 21.3. The van der Waals surface area contributed by atoms with E-state index in [4.69, 9.17) is 15.3 Å². The molecule has 0 aromatic heterocycles. The fraction of sp³-hybridized carbons (Fsp3) is 0.526. The SMILES string of the molecule is N=C1C(=NCCCOc2cccc(CN3CCCCC3)c2)NS(=O)(=O)C1C(=O)O. The highest BCUT2D eigenvalue weighted by Gasteiger charge is 2.46. The van der Waals surface area contributed by atoms with Crippen LogP contribution in [-0.4, -0.2) is 67.4 Å². The van der Waals surface area contributed by atoms with Gasteiger partial charge in [-0.05, 0) is 43.6 Å². The molecule has 3 N–H and O–H groups in total. The monoisotopic (exact) mass is 422 g/mol. The lowest BCUT2D eigenvalue weighted by atomic mass is 10.1. The molecule has 1 aromatic rings. The average Bonchev–Trinajstić information content (AvgIpc) is 2.91. The van der Waals surface area contributed by atoms with Crippen LogP contribution in [0.4, 0.5) is 0 Å². The molecule has 3 rings (SSSR count). The van der Waals surface area contributed by atoms with Gasteiger partial charge in [0.2, 0.25) is 5.25 Å². The molecule has 29 heavy (non-hydrogen) atoms. The number of amidine groups is 1. The van der Waals surface area contributed by atoms with Gasteiger partial charge in [0.05, 0.1) is 6.61 Å². The molecule has 0 aliphatic carbocycles. The molecule has 0 amide bonds. The largest absolute Gasteiger partial charge is 0.494 e. The van der Waals surface area contributed by atoms with E-state index < -0.39 is 27.0 Å². The Morgan fingerprint density at radius 1 is 1.31 bits per heavy atom. The van der Waals surface area contributed by atoms with E-state index in [1.54, 1.807) is 0 Å². The van der Waals surface area contributed by atoms with Crippen LogP contribution in [0.1, 0.15) is 31.2 Å². The third-order valence-corrected chi connectivity index (χ3v) is 6.42. The summed E-state index contributed by atoms with van der Waals surface area (Å²) in [6.07, 6.45) is 4.31. The fourth-order valence-corrected chi connectivity index (χ4v) is 4.71. The van der Waals surface area contributed by atoms with Crippen LogP contribution in [0.25, 0.3) is 0 Å². The number of nitrogens with zero attached hydrogens (tertiary/aromatic N) is 2. The van der Waals surface area contributed by atoms with Gasteiger partial charge in [0.1, 0.15) is 11.5 Å². The first-order valence-corrected chi connectivity index (χ1v) is 11.2. The van der Waals surface area contributed by atoms with Gasteiger partial charge >= 0.3 is 5.97 Å². The van der Waals surface area contributed by atoms with Crippen molar-refractivity contribution < 1.29 is 23.1 Å². The Bertz CT molecular complexity index is 894. The Hall–Kier alpha value is -2.46. The Morgan fingerprint density at radius 2 is 2.07 bits per heavy atom. The van der Waals surface area contributed by atoms with Crippen LogP contribution in [-0.2, 0) is 21.4 Å². The second-order valence-corrected chi connectivity index (χ2v) is 8.96. The second kappa shape index (κ2) is 9.36. The highest BCUT2D eigenvalue weighted by molar-refractivity contribution is 7.93. The summed E-state index contributed by atoms with van der Waals surface area (Å²) in [5.41, 5.74) is 0.669. The number of carbonyl (C=O) groups is 1. The number of carboxylic acid groups (broad SMARTS) is 1. The van der Waals surface area contributed by atoms with Crippen molar-refractivity contribution in [2.75, 3.05) is 26.2 Å². The first-order chi connectivity index (χ1) is 13.9. The predicted molar refractivity (Wildman–Crippen MR) is 109 cm³/mol.